The first-order chi connectivity index (χ1) is 13.6. The maximum atomic E-state index is 12.4. The Kier molecular flexibility index (Phi) is 5.18. The van der Waals surface area contributed by atoms with E-state index >= 15 is 0 Å². The van der Waals surface area contributed by atoms with Gasteiger partial charge in [-0.15, -0.1) is 0 Å². The van der Waals surface area contributed by atoms with Crippen LogP contribution >= 0.6 is 0 Å². The number of hydrogen-bond acceptors (Lipinski definition) is 6. The Morgan fingerprint density at radius 3 is 2.46 bits per heavy atom. The summed E-state index contributed by atoms with van der Waals surface area (Å²) in [5, 5.41) is 6.60. The van der Waals surface area contributed by atoms with Gasteiger partial charge in [0.1, 0.15) is 0 Å². The Hall–Kier alpha value is -3.03. The number of fused-ring (bicyclic) bond motifs is 1. The smallest absolute Gasteiger partial charge is 0.246 e. The fourth-order valence-electron chi connectivity index (χ4n) is 3.96. The molecule has 28 heavy (non-hydrogen) atoms. The Balaban J connectivity index is 1.27. The van der Waals surface area contributed by atoms with Crippen LogP contribution in [0.3, 0.4) is 0 Å². The van der Waals surface area contributed by atoms with Crippen LogP contribution < -0.4 is 5.32 Å². The van der Waals surface area contributed by atoms with Gasteiger partial charge in [-0.2, -0.15) is 4.98 Å². The molecule has 0 unspecified atom stereocenters. The van der Waals surface area contributed by atoms with E-state index in [2.05, 4.69) is 15.5 Å². The van der Waals surface area contributed by atoms with Crippen molar-refractivity contribution in [2.24, 2.45) is 11.8 Å². The van der Waals surface area contributed by atoms with E-state index in [1.54, 1.807) is 0 Å². The number of rotatable bonds is 6. The molecule has 0 bridgehead atoms. The van der Waals surface area contributed by atoms with Crippen LogP contribution in [0.25, 0.3) is 11.4 Å². The normalized spacial score (nSPS) is 21.6. The van der Waals surface area contributed by atoms with E-state index in [1.165, 1.54) is 4.90 Å². The fraction of sp³-hybridized carbons (Fsp3) is 0.450. The second kappa shape index (κ2) is 7.92. The molecule has 1 saturated carbocycles. The van der Waals surface area contributed by atoms with Crippen LogP contribution in [0.2, 0.25) is 0 Å². The van der Waals surface area contributed by atoms with Crippen molar-refractivity contribution >= 4 is 17.7 Å². The average molecular weight is 382 g/mol. The van der Waals surface area contributed by atoms with Gasteiger partial charge in [0.15, 0.2) is 0 Å². The lowest BCUT2D eigenvalue weighted by molar-refractivity contribution is -0.140. The van der Waals surface area contributed by atoms with Crippen molar-refractivity contribution in [3.05, 3.63) is 36.2 Å². The van der Waals surface area contributed by atoms with E-state index in [0.29, 0.717) is 11.7 Å². The minimum atomic E-state index is -0.269. The largest absolute Gasteiger partial charge is 0.347 e. The monoisotopic (exact) mass is 382 g/mol. The number of likely N-dealkylation sites (tertiary alicyclic amines) is 1. The Morgan fingerprint density at radius 1 is 1.11 bits per heavy atom. The van der Waals surface area contributed by atoms with Crippen LogP contribution in [0.15, 0.2) is 34.9 Å². The van der Waals surface area contributed by atoms with Crippen LogP contribution in [0.4, 0.5) is 0 Å². The zero-order valence-corrected chi connectivity index (χ0v) is 15.5. The molecule has 0 spiro atoms. The standard InChI is InChI=1S/C20H22N4O4/c25-16(10-11-24-19(26)14-8-4-5-9-15(14)20(24)27)21-12-17-22-18(23-28-17)13-6-2-1-3-7-13/h1-3,6-7,14-15H,4-5,8-12H2,(H,21,25)/t14-,15-/m0/s1. The van der Waals surface area contributed by atoms with Gasteiger partial charge in [0.2, 0.25) is 29.4 Å². The highest BCUT2D eigenvalue weighted by Gasteiger charge is 2.47. The van der Waals surface area contributed by atoms with Crippen molar-refractivity contribution < 1.29 is 18.9 Å². The number of amides is 3. The van der Waals surface area contributed by atoms with Crippen molar-refractivity contribution in [2.45, 2.75) is 38.6 Å². The van der Waals surface area contributed by atoms with Gasteiger partial charge < -0.3 is 9.84 Å². The number of hydrogen-bond donors (Lipinski definition) is 1. The van der Waals surface area contributed by atoms with Crippen molar-refractivity contribution in [3.63, 3.8) is 0 Å². The van der Waals surface area contributed by atoms with Crippen molar-refractivity contribution in [1.82, 2.24) is 20.4 Å². The van der Waals surface area contributed by atoms with E-state index in [1.807, 2.05) is 30.3 Å². The van der Waals surface area contributed by atoms with Gasteiger partial charge in [0, 0.05) is 18.5 Å². The van der Waals surface area contributed by atoms with E-state index in [0.717, 1.165) is 31.2 Å². The van der Waals surface area contributed by atoms with Crippen molar-refractivity contribution in [2.75, 3.05) is 6.54 Å². The number of carbonyl (C=O) groups excluding carboxylic acids is 3. The summed E-state index contributed by atoms with van der Waals surface area (Å²) in [6.45, 7) is 0.224. The first-order valence-electron chi connectivity index (χ1n) is 9.63. The fourth-order valence-corrected chi connectivity index (χ4v) is 3.96. The molecule has 1 aliphatic carbocycles. The summed E-state index contributed by atoms with van der Waals surface area (Å²) in [5.41, 5.74) is 0.830. The molecule has 1 N–H and O–H groups in total. The van der Waals surface area contributed by atoms with Gasteiger partial charge in [0.05, 0.1) is 18.4 Å². The van der Waals surface area contributed by atoms with E-state index < -0.39 is 0 Å². The van der Waals surface area contributed by atoms with Crippen LogP contribution in [0.5, 0.6) is 0 Å². The zero-order valence-electron chi connectivity index (χ0n) is 15.5. The predicted molar refractivity (Wildman–Crippen MR) is 98.4 cm³/mol. The third kappa shape index (κ3) is 3.67. The SMILES string of the molecule is O=C(CCN1C(=O)[C@H]2CCCC[C@@H]2C1=O)NCc1nc(-c2ccccc2)no1. The molecule has 1 aliphatic heterocycles. The molecular formula is C20H22N4O4. The molecule has 0 radical (unpaired) electrons. The molecule has 1 aromatic heterocycles. The highest BCUT2D eigenvalue weighted by Crippen LogP contribution is 2.37. The maximum Gasteiger partial charge on any atom is 0.246 e. The zero-order chi connectivity index (χ0) is 19.5. The minimum absolute atomic E-state index is 0.0661. The summed E-state index contributed by atoms with van der Waals surface area (Å²) < 4.78 is 5.15. The molecule has 2 aliphatic rings. The molecule has 3 amide bonds. The summed E-state index contributed by atoms with van der Waals surface area (Å²) in [6.07, 6.45) is 3.60. The molecule has 8 heteroatoms. The summed E-state index contributed by atoms with van der Waals surface area (Å²) in [5.74, 6) is -0.112. The van der Waals surface area contributed by atoms with Gasteiger partial charge in [-0.3, -0.25) is 19.3 Å². The van der Waals surface area contributed by atoms with Gasteiger partial charge in [-0.25, -0.2) is 0 Å². The molecule has 146 valence electrons. The van der Waals surface area contributed by atoms with E-state index in [9.17, 15) is 14.4 Å². The lowest BCUT2D eigenvalue weighted by Gasteiger charge is -2.19. The van der Waals surface area contributed by atoms with Crippen LogP contribution in [0.1, 0.15) is 38.0 Å². The van der Waals surface area contributed by atoms with Crippen LogP contribution in [-0.4, -0.2) is 39.3 Å². The second-order valence-corrected chi connectivity index (χ2v) is 7.23. The Bertz CT molecular complexity index is 855. The van der Waals surface area contributed by atoms with Gasteiger partial charge in [-0.05, 0) is 12.8 Å². The summed E-state index contributed by atoms with van der Waals surface area (Å²) in [4.78, 5) is 42.5. The summed E-state index contributed by atoms with van der Waals surface area (Å²) >= 11 is 0. The number of aromatic nitrogens is 2. The number of nitrogens with zero attached hydrogens (tertiary/aromatic N) is 3. The first-order valence-corrected chi connectivity index (χ1v) is 9.63. The molecule has 2 heterocycles. The molecule has 2 aromatic rings. The second-order valence-electron chi connectivity index (χ2n) is 7.23. The van der Waals surface area contributed by atoms with E-state index in [4.69, 9.17) is 4.52 Å². The molecule has 2 atom stereocenters. The van der Waals surface area contributed by atoms with Crippen LogP contribution in [-0.2, 0) is 20.9 Å². The molecule has 1 saturated heterocycles. The third-order valence-corrected chi connectivity index (χ3v) is 5.43. The van der Waals surface area contributed by atoms with Gasteiger partial charge in [-0.1, -0.05) is 48.3 Å². The molecule has 8 nitrogen and oxygen atoms in total. The Morgan fingerprint density at radius 2 is 1.79 bits per heavy atom. The summed E-state index contributed by atoms with van der Waals surface area (Å²) in [6, 6.07) is 9.40. The maximum absolute atomic E-state index is 12.4. The lowest BCUT2D eigenvalue weighted by Crippen LogP contribution is -2.35. The molecular weight excluding hydrogens is 360 g/mol. The molecule has 4 rings (SSSR count). The molecule has 2 fully saturated rings. The number of nitrogens with one attached hydrogen (secondary N) is 1. The highest BCUT2D eigenvalue weighted by atomic mass is 16.5. The van der Waals surface area contributed by atoms with Crippen molar-refractivity contribution in [3.8, 4) is 11.4 Å². The number of carbonyl (C=O) groups is 3. The number of benzene rings is 1. The average Bonchev–Trinajstić information content (AvgIpc) is 3.30. The third-order valence-electron chi connectivity index (χ3n) is 5.43. The van der Waals surface area contributed by atoms with Crippen LogP contribution in [0, 0.1) is 11.8 Å². The van der Waals surface area contributed by atoms with E-state index in [-0.39, 0.29) is 49.1 Å². The lowest BCUT2D eigenvalue weighted by atomic mass is 9.81. The molecule has 1 aromatic carbocycles. The predicted octanol–water partition coefficient (Wildman–Crippen LogP) is 1.92. The quantitative estimate of drug-likeness (QED) is 0.765. The first kappa shape index (κ1) is 18.3. The topological polar surface area (TPSA) is 105 Å². The van der Waals surface area contributed by atoms with Gasteiger partial charge in [0.25, 0.3) is 0 Å². The minimum Gasteiger partial charge on any atom is -0.347 e. The summed E-state index contributed by atoms with van der Waals surface area (Å²) in [7, 11) is 0. The Labute approximate surface area is 162 Å². The van der Waals surface area contributed by atoms with Gasteiger partial charge >= 0.3 is 0 Å². The van der Waals surface area contributed by atoms with Crippen molar-refractivity contribution in [1.29, 1.82) is 0 Å². The highest BCUT2D eigenvalue weighted by molar-refractivity contribution is 6.05. The number of imide groups is 1.